The number of nitrogens with one attached hydrogen (secondary N) is 2. The van der Waals surface area contributed by atoms with Gasteiger partial charge in [0.1, 0.15) is 11.4 Å². The molecule has 4 N–H and O–H groups in total. The van der Waals surface area contributed by atoms with E-state index in [0.717, 1.165) is 26.4 Å². The molecule has 0 spiro atoms. The van der Waals surface area contributed by atoms with E-state index in [4.69, 9.17) is 5.11 Å². The normalized spacial score (nSPS) is 12.8. The number of hydrogen-bond donors (Lipinski definition) is 4. The summed E-state index contributed by atoms with van der Waals surface area (Å²) >= 11 is 1.58. The third-order valence-electron chi connectivity index (χ3n) is 5.49. The Bertz CT molecular complexity index is 1260. The summed E-state index contributed by atoms with van der Waals surface area (Å²) in [6.07, 6.45) is -1.33. The molecular formula is C26H25N3O4S. The lowest BCUT2D eigenvalue weighted by atomic mass is 9.97. The molecular weight excluding hydrogens is 450 g/mol. The van der Waals surface area contributed by atoms with E-state index in [1.165, 1.54) is 0 Å². The molecule has 2 aromatic carbocycles. The Morgan fingerprint density at radius 3 is 2.38 bits per heavy atom. The van der Waals surface area contributed by atoms with Crippen LogP contribution in [0.5, 0.6) is 0 Å². The van der Waals surface area contributed by atoms with Crippen LogP contribution in [-0.4, -0.2) is 44.4 Å². The third-order valence-corrected chi connectivity index (χ3v) is 6.51. The highest BCUT2D eigenvalue weighted by atomic mass is 32.1. The molecule has 0 aliphatic rings. The van der Waals surface area contributed by atoms with Crippen LogP contribution < -0.4 is 5.32 Å². The Balaban J connectivity index is 1.48. The zero-order valence-corrected chi connectivity index (χ0v) is 19.4. The minimum Gasteiger partial charge on any atom is -0.479 e. The van der Waals surface area contributed by atoms with Gasteiger partial charge in [-0.25, -0.2) is 4.79 Å². The minimum absolute atomic E-state index is 0.118. The first kappa shape index (κ1) is 23.4. The highest BCUT2D eigenvalue weighted by Crippen LogP contribution is 2.26. The summed E-state index contributed by atoms with van der Waals surface area (Å²) in [7, 11) is 0. The molecule has 0 aliphatic carbocycles. The summed E-state index contributed by atoms with van der Waals surface area (Å²) in [5, 5.41) is 28.9. The van der Waals surface area contributed by atoms with Crippen molar-refractivity contribution in [3.8, 4) is 21.7 Å². The number of nitrogens with zero attached hydrogens (tertiary/aromatic N) is 1. The number of thiophene rings is 1. The monoisotopic (exact) mass is 475 g/mol. The molecule has 0 unspecified atom stereocenters. The van der Waals surface area contributed by atoms with Gasteiger partial charge in [-0.2, -0.15) is 5.10 Å². The number of aromatic nitrogens is 2. The number of aliphatic carboxylic acids is 1. The van der Waals surface area contributed by atoms with Crippen molar-refractivity contribution in [2.45, 2.75) is 31.9 Å². The smallest absolute Gasteiger partial charge is 0.332 e. The maximum absolute atomic E-state index is 12.9. The van der Waals surface area contributed by atoms with Crippen LogP contribution in [-0.2, 0) is 11.2 Å². The second-order valence-electron chi connectivity index (χ2n) is 8.10. The predicted molar refractivity (Wildman–Crippen MR) is 132 cm³/mol. The SMILES string of the molecule is Cc1ccc(-c2cc(C(=O)N[C@H](Cc3ccc(-c4ccccc4)cc3)C[C@@H](O)C(=O)O)[nH]n2)s1. The number of aliphatic hydroxyl groups excluding tert-OH is 1. The molecule has 4 rings (SSSR count). The molecule has 8 heteroatoms. The number of carbonyl (C=O) groups excluding carboxylic acids is 1. The number of amides is 1. The molecule has 2 aromatic heterocycles. The zero-order valence-electron chi connectivity index (χ0n) is 18.6. The maximum Gasteiger partial charge on any atom is 0.332 e. The molecule has 0 bridgehead atoms. The fraction of sp³-hybridized carbons (Fsp3) is 0.192. The van der Waals surface area contributed by atoms with Crippen LogP contribution in [0.25, 0.3) is 21.7 Å². The number of carbonyl (C=O) groups is 2. The number of aromatic amines is 1. The number of carboxylic acid groups (broad SMARTS) is 1. The van der Waals surface area contributed by atoms with Crippen LogP contribution in [0.2, 0.25) is 0 Å². The van der Waals surface area contributed by atoms with E-state index in [1.54, 1.807) is 17.4 Å². The number of H-pyrrole nitrogens is 1. The first-order valence-corrected chi connectivity index (χ1v) is 11.7. The van der Waals surface area contributed by atoms with E-state index in [-0.39, 0.29) is 12.1 Å². The highest BCUT2D eigenvalue weighted by molar-refractivity contribution is 7.15. The quantitative estimate of drug-likeness (QED) is 0.288. The first-order valence-electron chi connectivity index (χ1n) is 10.9. The number of hydrogen-bond acceptors (Lipinski definition) is 5. The molecule has 34 heavy (non-hydrogen) atoms. The minimum atomic E-state index is -1.58. The van der Waals surface area contributed by atoms with Gasteiger partial charge in [0, 0.05) is 17.3 Å². The molecule has 0 radical (unpaired) electrons. The molecule has 0 fully saturated rings. The molecule has 4 aromatic rings. The van der Waals surface area contributed by atoms with Gasteiger partial charge >= 0.3 is 5.97 Å². The van der Waals surface area contributed by atoms with Gasteiger partial charge in [0.05, 0.1) is 4.88 Å². The van der Waals surface area contributed by atoms with Gasteiger partial charge in [0.25, 0.3) is 5.91 Å². The van der Waals surface area contributed by atoms with Crippen molar-refractivity contribution in [3.05, 3.63) is 88.9 Å². The molecule has 2 heterocycles. The van der Waals surface area contributed by atoms with E-state index in [9.17, 15) is 14.7 Å². The summed E-state index contributed by atoms with van der Waals surface area (Å²) in [6.45, 7) is 2.00. The van der Waals surface area contributed by atoms with Crippen molar-refractivity contribution in [2.75, 3.05) is 0 Å². The van der Waals surface area contributed by atoms with E-state index >= 15 is 0 Å². The Kier molecular flexibility index (Phi) is 7.20. The maximum atomic E-state index is 12.9. The largest absolute Gasteiger partial charge is 0.479 e. The van der Waals surface area contributed by atoms with Crippen molar-refractivity contribution >= 4 is 23.2 Å². The van der Waals surface area contributed by atoms with Gasteiger partial charge in [0.2, 0.25) is 0 Å². The Hall–Kier alpha value is -3.75. The summed E-state index contributed by atoms with van der Waals surface area (Å²) in [5.74, 6) is -1.73. The molecule has 174 valence electrons. The number of rotatable bonds is 9. The van der Waals surface area contributed by atoms with Crippen LogP contribution in [0.3, 0.4) is 0 Å². The summed E-state index contributed by atoms with van der Waals surface area (Å²) in [4.78, 5) is 26.2. The number of benzene rings is 2. The van der Waals surface area contributed by atoms with Gasteiger partial charge in [-0.15, -0.1) is 11.3 Å². The lowest BCUT2D eigenvalue weighted by molar-refractivity contribution is -0.147. The second-order valence-corrected chi connectivity index (χ2v) is 9.39. The second kappa shape index (κ2) is 10.5. The number of aryl methyl sites for hydroxylation is 1. The summed E-state index contributed by atoms with van der Waals surface area (Å²) in [5.41, 5.74) is 4.01. The van der Waals surface area contributed by atoms with Crippen LogP contribution in [0, 0.1) is 6.92 Å². The average molecular weight is 476 g/mol. The Morgan fingerprint density at radius 2 is 1.74 bits per heavy atom. The van der Waals surface area contributed by atoms with Crippen molar-refractivity contribution in [1.29, 1.82) is 0 Å². The van der Waals surface area contributed by atoms with Crippen molar-refractivity contribution < 1.29 is 19.8 Å². The fourth-order valence-corrected chi connectivity index (χ4v) is 4.54. The van der Waals surface area contributed by atoms with Crippen LogP contribution in [0.4, 0.5) is 0 Å². The van der Waals surface area contributed by atoms with Crippen LogP contribution in [0.1, 0.15) is 27.3 Å². The van der Waals surface area contributed by atoms with Crippen molar-refractivity contribution in [3.63, 3.8) is 0 Å². The lowest BCUT2D eigenvalue weighted by Gasteiger charge is -2.20. The zero-order chi connectivity index (χ0) is 24.1. The molecule has 0 saturated carbocycles. The molecule has 1 amide bonds. The molecule has 7 nitrogen and oxygen atoms in total. The van der Waals surface area contributed by atoms with Crippen LogP contribution >= 0.6 is 11.3 Å². The predicted octanol–water partition coefficient (Wildman–Crippen LogP) is 4.29. The Labute approximate surface area is 201 Å². The van der Waals surface area contributed by atoms with Gasteiger partial charge in [-0.05, 0) is 48.2 Å². The fourth-order valence-electron chi connectivity index (χ4n) is 3.71. The number of carboxylic acids is 1. The van der Waals surface area contributed by atoms with Crippen LogP contribution in [0.15, 0.2) is 72.8 Å². The standard InChI is InChI=1S/C26H25N3O4S/c1-16-7-12-24(34-16)21-15-22(29-28-21)25(31)27-20(14-23(30)26(32)33)13-17-8-10-19(11-9-17)18-5-3-2-4-6-18/h2-12,15,20,23,30H,13-14H2,1H3,(H,27,31)(H,28,29)(H,32,33)/t20-,23-/m1/s1. The first-order chi connectivity index (χ1) is 16.4. The summed E-state index contributed by atoms with van der Waals surface area (Å²) in [6, 6.07) is 22.8. The third kappa shape index (κ3) is 5.78. The van der Waals surface area contributed by atoms with E-state index in [2.05, 4.69) is 15.5 Å². The number of aliphatic hydroxyl groups is 1. The van der Waals surface area contributed by atoms with E-state index < -0.39 is 24.0 Å². The van der Waals surface area contributed by atoms with Gasteiger partial charge in [-0.1, -0.05) is 54.6 Å². The molecule has 2 atom stereocenters. The summed E-state index contributed by atoms with van der Waals surface area (Å²) < 4.78 is 0. The van der Waals surface area contributed by atoms with Gasteiger partial charge in [0.15, 0.2) is 6.10 Å². The van der Waals surface area contributed by atoms with Gasteiger partial charge in [-0.3, -0.25) is 9.89 Å². The van der Waals surface area contributed by atoms with Crippen molar-refractivity contribution in [2.24, 2.45) is 0 Å². The highest BCUT2D eigenvalue weighted by Gasteiger charge is 2.23. The van der Waals surface area contributed by atoms with E-state index in [0.29, 0.717) is 12.1 Å². The van der Waals surface area contributed by atoms with Gasteiger partial charge < -0.3 is 15.5 Å². The van der Waals surface area contributed by atoms with E-state index in [1.807, 2.05) is 73.7 Å². The van der Waals surface area contributed by atoms with Crippen molar-refractivity contribution in [1.82, 2.24) is 15.5 Å². The Morgan fingerprint density at radius 1 is 1.03 bits per heavy atom. The topological polar surface area (TPSA) is 115 Å². The lowest BCUT2D eigenvalue weighted by Crippen LogP contribution is -2.40. The molecule has 0 saturated heterocycles. The molecule has 0 aliphatic heterocycles. The average Bonchev–Trinajstić information content (AvgIpc) is 3.49.